The van der Waals surface area contributed by atoms with Crippen LogP contribution in [0.1, 0.15) is 25.8 Å². The molecular formula is C13H20O3. The van der Waals surface area contributed by atoms with E-state index >= 15 is 0 Å². The number of benzene rings is 1. The van der Waals surface area contributed by atoms with E-state index in [1.165, 1.54) is 0 Å². The van der Waals surface area contributed by atoms with Crippen LogP contribution in [0.3, 0.4) is 0 Å². The van der Waals surface area contributed by atoms with E-state index in [1.54, 1.807) is 0 Å². The zero-order chi connectivity index (χ0) is 11.8. The minimum atomic E-state index is -0.685. The molecule has 0 heterocycles. The maximum atomic E-state index is 9.27. The minimum Gasteiger partial charge on any atom is -0.374 e. The molecule has 2 atom stereocenters. The van der Waals surface area contributed by atoms with E-state index in [-0.39, 0.29) is 6.10 Å². The van der Waals surface area contributed by atoms with Gasteiger partial charge in [0, 0.05) is 0 Å². The highest BCUT2D eigenvalue weighted by atomic mass is 16.6. The number of aliphatic hydroxyl groups is 1. The molecule has 1 aromatic rings. The molecule has 0 bridgehead atoms. The van der Waals surface area contributed by atoms with Crippen molar-refractivity contribution in [3.05, 3.63) is 35.9 Å². The lowest BCUT2D eigenvalue weighted by atomic mass is 10.2. The summed E-state index contributed by atoms with van der Waals surface area (Å²) >= 11 is 0. The Bertz CT molecular complexity index is 274. The fraction of sp³-hybridized carbons (Fsp3) is 0.538. The third-order valence-electron chi connectivity index (χ3n) is 2.20. The first-order chi connectivity index (χ1) is 7.72. The van der Waals surface area contributed by atoms with Crippen LogP contribution in [0.15, 0.2) is 30.3 Å². The molecule has 0 aliphatic rings. The van der Waals surface area contributed by atoms with E-state index in [9.17, 15) is 5.11 Å². The molecule has 2 unspecified atom stereocenters. The Kier molecular flexibility index (Phi) is 6.08. The lowest BCUT2D eigenvalue weighted by Gasteiger charge is -2.17. The van der Waals surface area contributed by atoms with Gasteiger partial charge in [0.05, 0.1) is 19.3 Å². The van der Waals surface area contributed by atoms with Crippen LogP contribution in [0.5, 0.6) is 0 Å². The molecule has 1 N–H and O–H groups in total. The van der Waals surface area contributed by atoms with E-state index in [2.05, 4.69) is 0 Å². The Morgan fingerprint density at radius 3 is 2.56 bits per heavy atom. The standard InChI is InChI=1S/C13H20O3/c1-3-13(14)16-11(2)9-15-10-12-7-5-4-6-8-12/h4-8,11,13-14H,3,9-10H2,1-2H3. The first kappa shape index (κ1) is 13.2. The van der Waals surface area contributed by atoms with Crippen molar-refractivity contribution in [2.24, 2.45) is 0 Å². The molecule has 0 fully saturated rings. The van der Waals surface area contributed by atoms with Crippen molar-refractivity contribution >= 4 is 0 Å². The molecule has 0 aromatic heterocycles. The van der Waals surface area contributed by atoms with Gasteiger partial charge in [-0.25, -0.2) is 0 Å². The normalized spacial score (nSPS) is 14.7. The monoisotopic (exact) mass is 224 g/mol. The third kappa shape index (κ3) is 5.26. The Hall–Kier alpha value is -0.900. The summed E-state index contributed by atoms with van der Waals surface area (Å²) in [6, 6.07) is 9.99. The topological polar surface area (TPSA) is 38.7 Å². The molecule has 0 saturated carbocycles. The van der Waals surface area contributed by atoms with Crippen molar-refractivity contribution in [3.8, 4) is 0 Å². The van der Waals surface area contributed by atoms with Crippen molar-refractivity contribution in [3.63, 3.8) is 0 Å². The summed E-state index contributed by atoms with van der Waals surface area (Å²) in [6.07, 6.45) is -0.169. The van der Waals surface area contributed by atoms with Gasteiger partial charge in [-0.15, -0.1) is 0 Å². The molecular weight excluding hydrogens is 204 g/mol. The van der Waals surface area contributed by atoms with Gasteiger partial charge in [-0.1, -0.05) is 37.3 Å². The second-order valence-electron chi connectivity index (χ2n) is 3.81. The molecule has 3 nitrogen and oxygen atoms in total. The van der Waals surface area contributed by atoms with Crippen LogP contribution >= 0.6 is 0 Å². The van der Waals surface area contributed by atoms with Gasteiger partial charge in [0.15, 0.2) is 6.29 Å². The van der Waals surface area contributed by atoms with E-state index in [0.29, 0.717) is 19.6 Å². The fourth-order valence-electron chi connectivity index (χ4n) is 1.32. The molecule has 16 heavy (non-hydrogen) atoms. The predicted molar refractivity (Wildman–Crippen MR) is 62.9 cm³/mol. The quantitative estimate of drug-likeness (QED) is 0.722. The maximum Gasteiger partial charge on any atom is 0.154 e. The van der Waals surface area contributed by atoms with Crippen molar-refractivity contribution in [2.75, 3.05) is 6.61 Å². The Morgan fingerprint density at radius 1 is 1.25 bits per heavy atom. The van der Waals surface area contributed by atoms with Gasteiger partial charge in [-0.05, 0) is 18.9 Å². The summed E-state index contributed by atoms with van der Waals surface area (Å²) in [7, 11) is 0. The SMILES string of the molecule is CCC(O)OC(C)COCc1ccccc1. The second-order valence-corrected chi connectivity index (χ2v) is 3.81. The van der Waals surface area contributed by atoms with Gasteiger partial charge in [-0.3, -0.25) is 0 Å². The van der Waals surface area contributed by atoms with E-state index in [4.69, 9.17) is 9.47 Å². The van der Waals surface area contributed by atoms with Crippen LogP contribution in [-0.2, 0) is 16.1 Å². The van der Waals surface area contributed by atoms with Crippen LogP contribution in [0, 0.1) is 0 Å². The Morgan fingerprint density at radius 2 is 1.94 bits per heavy atom. The first-order valence-corrected chi connectivity index (χ1v) is 5.67. The number of hydrogen-bond acceptors (Lipinski definition) is 3. The lowest BCUT2D eigenvalue weighted by molar-refractivity contribution is -0.148. The summed E-state index contributed by atoms with van der Waals surface area (Å²) in [5, 5.41) is 9.27. The molecule has 3 heteroatoms. The summed E-state index contributed by atoms with van der Waals surface area (Å²) in [6.45, 7) is 4.84. The number of aliphatic hydroxyl groups excluding tert-OH is 1. The fourth-order valence-corrected chi connectivity index (χ4v) is 1.32. The zero-order valence-corrected chi connectivity index (χ0v) is 9.93. The van der Waals surface area contributed by atoms with Crippen LogP contribution in [0.2, 0.25) is 0 Å². The van der Waals surface area contributed by atoms with Crippen molar-refractivity contribution in [1.82, 2.24) is 0 Å². The first-order valence-electron chi connectivity index (χ1n) is 5.67. The number of ether oxygens (including phenoxy) is 2. The van der Waals surface area contributed by atoms with Crippen molar-refractivity contribution in [2.45, 2.75) is 39.3 Å². The van der Waals surface area contributed by atoms with Gasteiger partial charge >= 0.3 is 0 Å². The van der Waals surface area contributed by atoms with Gasteiger partial charge in [-0.2, -0.15) is 0 Å². The molecule has 0 saturated heterocycles. The molecule has 0 radical (unpaired) electrons. The zero-order valence-electron chi connectivity index (χ0n) is 9.93. The summed E-state index contributed by atoms with van der Waals surface area (Å²) in [5.74, 6) is 0. The maximum absolute atomic E-state index is 9.27. The van der Waals surface area contributed by atoms with Gasteiger partial charge in [0.25, 0.3) is 0 Å². The van der Waals surface area contributed by atoms with Crippen molar-refractivity contribution in [1.29, 1.82) is 0 Å². The smallest absolute Gasteiger partial charge is 0.154 e. The van der Waals surface area contributed by atoms with Gasteiger partial charge in [0.1, 0.15) is 0 Å². The third-order valence-corrected chi connectivity index (χ3v) is 2.20. The second kappa shape index (κ2) is 7.39. The van der Waals surface area contributed by atoms with Gasteiger partial charge < -0.3 is 14.6 Å². The average Bonchev–Trinajstić information content (AvgIpc) is 2.30. The molecule has 1 aromatic carbocycles. The summed E-state index contributed by atoms with van der Waals surface area (Å²) < 4.78 is 10.8. The van der Waals surface area contributed by atoms with Crippen LogP contribution < -0.4 is 0 Å². The molecule has 90 valence electrons. The van der Waals surface area contributed by atoms with E-state index in [1.807, 2.05) is 44.2 Å². The summed E-state index contributed by atoms with van der Waals surface area (Å²) in [5.41, 5.74) is 1.14. The molecule has 1 rings (SSSR count). The molecule has 0 aliphatic heterocycles. The molecule has 0 aliphatic carbocycles. The molecule has 0 spiro atoms. The minimum absolute atomic E-state index is 0.0846. The Labute approximate surface area is 97.0 Å². The lowest BCUT2D eigenvalue weighted by Crippen LogP contribution is -2.23. The van der Waals surface area contributed by atoms with Crippen LogP contribution in [0.4, 0.5) is 0 Å². The van der Waals surface area contributed by atoms with Crippen LogP contribution in [0.25, 0.3) is 0 Å². The summed E-state index contributed by atoms with van der Waals surface area (Å²) in [4.78, 5) is 0. The Balaban J connectivity index is 2.15. The van der Waals surface area contributed by atoms with Gasteiger partial charge in [0.2, 0.25) is 0 Å². The van der Waals surface area contributed by atoms with Crippen LogP contribution in [-0.4, -0.2) is 24.1 Å². The number of rotatable bonds is 7. The highest BCUT2D eigenvalue weighted by molar-refractivity contribution is 5.13. The molecule has 0 amide bonds. The van der Waals surface area contributed by atoms with E-state index in [0.717, 1.165) is 5.56 Å². The highest BCUT2D eigenvalue weighted by Crippen LogP contribution is 2.04. The number of hydrogen-bond donors (Lipinski definition) is 1. The largest absolute Gasteiger partial charge is 0.374 e. The predicted octanol–water partition coefficient (Wildman–Crippen LogP) is 2.34. The van der Waals surface area contributed by atoms with E-state index < -0.39 is 6.29 Å². The highest BCUT2D eigenvalue weighted by Gasteiger charge is 2.07. The van der Waals surface area contributed by atoms with Crippen molar-refractivity contribution < 1.29 is 14.6 Å². The average molecular weight is 224 g/mol.